The number of hydrogen-bond donors (Lipinski definition) is 3. The van der Waals surface area contributed by atoms with E-state index < -0.39 is 0 Å². The molecule has 0 radical (unpaired) electrons. The maximum atomic E-state index is 6.52. The Hall–Kier alpha value is -3.52. The fraction of sp³-hybridized carbons (Fsp3) is 0. The maximum Gasteiger partial charge on any atom is 0.200 e. The average molecular weight is 359 g/mol. The van der Waals surface area contributed by atoms with Gasteiger partial charge in [-0.15, -0.1) is 0 Å². The molecular weight excluding hydrogens is 346 g/mol. The zero-order valence-corrected chi connectivity index (χ0v) is 14.3. The van der Waals surface area contributed by atoms with Crippen LogP contribution in [0.1, 0.15) is 0 Å². The van der Waals surface area contributed by atoms with Gasteiger partial charge in [0.15, 0.2) is 10.6 Å². The molecule has 0 bridgehead atoms. The van der Waals surface area contributed by atoms with Crippen LogP contribution >= 0.6 is 12.2 Å². The number of anilines is 2. The largest absolute Gasteiger partial charge is 0.398 e. The minimum absolute atomic E-state index is 0.237. The van der Waals surface area contributed by atoms with Gasteiger partial charge in [-0.2, -0.15) is 0 Å². The van der Waals surface area contributed by atoms with E-state index in [-0.39, 0.29) is 5.95 Å². The summed E-state index contributed by atoms with van der Waals surface area (Å²) in [5, 5.41) is 1.76. The van der Waals surface area contributed by atoms with Crippen LogP contribution in [-0.2, 0) is 0 Å². The lowest BCUT2D eigenvalue weighted by atomic mass is 10.1. The number of aromatic amines is 1. The molecule has 7 nitrogen and oxygen atoms in total. The van der Waals surface area contributed by atoms with Crippen LogP contribution in [0.4, 0.5) is 11.6 Å². The quantitative estimate of drug-likeness (QED) is 0.313. The Morgan fingerprint density at radius 3 is 2.65 bits per heavy atom. The third-order valence-corrected chi connectivity index (χ3v) is 4.71. The molecule has 5 rings (SSSR count). The van der Waals surface area contributed by atoms with Gasteiger partial charge in [-0.05, 0) is 18.2 Å². The molecule has 0 amide bonds. The Morgan fingerprint density at radius 2 is 1.77 bits per heavy atom. The van der Waals surface area contributed by atoms with E-state index >= 15 is 0 Å². The van der Waals surface area contributed by atoms with Crippen molar-refractivity contribution in [2.45, 2.75) is 0 Å². The van der Waals surface area contributed by atoms with E-state index in [9.17, 15) is 0 Å². The number of nitrogens with two attached hydrogens (primary N) is 2. The third kappa shape index (κ3) is 1.99. The van der Waals surface area contributed by atoms with Crippen molar-refractivity contribution in [2.75, 3.05) is 11.5 Å². The highest BCUT2D eigenvalue weighted by atomic mass is 32.1. The summed E-state index contributed by atoms with van der Waals surface area (Å²) in [6.45, 7) is 0. The molecule has 0 aliphatic heterocycles. The smallest absolute Gasteiger partial charge is 0.200 e. The van der Waals surface area contributed by atoms with Crippen molar-refractivity contribution in [3.8, 4) is 5.69 Å². The van der Waals surface area contributed by atoms with Crippen molar-refractivity contribution < 1.29 is 0 Å². The lowest BCUT2D eigenvalue weighted by Gasteiger charge is -2.12. The average Bonchev–Trinajstić information content (AvgIpc) is 3.05. The minimum Gasteiger partial charge on any atom is -0.398 e. The number of H-pyrrole nitrogens is 1. The minimum atomic E-state index is 0.237. The van der Waals surface area contributed by atoms with Crippen LogP contribution in [0.15, 0.2) is 48.8 Å². The van der Waals surface area contributed by atoms with Crippen molar-refractivity contribution in [1.82, 2.24) is 24.5 Å². The lowest BCUT2D eigenvalue weighted by molar-refractivity contribution is 1.07. The molecule has 8 heteroatoms. The SMILES string of the molecule is Nc1nc(=S)c2ncn(-c3cccc4nc5ccccc5c(N)c34)c2[nH]1. The van der Waals surface area contributed by atoms with Gasteiger partial charge in [0.2, 0.25) is 0 Å². The number of aromatic nitrogens is 5. The van der Waals surface area contributed by atoms with Crippen molar-refractivity contribution >= 4 is 56.8 Å². The standard InChI is InChI=1S/C18H13N7S/c19-14-9-4-1-2-5-10(9)22-11-6-3-7-12(13(11)14)25-8-21-15-16(25)23-18(20)24-17(15)26/h1-8H,(H2,19,22)(H3,20,23,24,26). The lowest BCUT2D eigenvalue weighted by Crippen LogP contribution is -2.02. The van der Waals surface area contributed by atoms with Crippen LogP contribution in [0.2, 0.25) is 0 Å². The number of para-hydroxylation sites is 1. The van der Waals surface area contributed by atoms with E-state index in [1.54, 1.807) is 6.33 Å². The van der Waals surface area contributed by atoms with Gasteiger partial charge in [0, 0.05) is 10.8 Å². The van der Waals surface area contributed by atoms with Gasteiger partial charge < -0.3 is 16.5 Å². The summed E-state index contributed by atoms with van der Waals surface area (Å²) < 4.78 is 2.23. The highest BCUT2D eigenvalue weighted by Crippen LogP contribution is 2.33. The third-order valence-electron chi connectivity index (χ3n) is 4.42. The number of nitrogens with zero attached hydrogens (tertiary/aromatic N) is 4. The number of rotatable bonds is 1. The number of nitrogens with one attached hydrogen (secondary N) is 1. The van der Waals surface area contributed by atoms with E-state index in [2.05, 4.69) is 15.0 Å². The van der Waals surface area contributed by atoms with Crippen molar-refractivity contribution in [3.05, 3.63) is 53.4 Å². The Bertz CT molecular complexity index is 1380. The Labute approximate surface area is 152 Å². The summed E-state index contributed by atoms with van der Waals surface area (Å²) in [6.07, 6.45) is 1.68. The second-order valence-electron chi connectivity index (χ2n) is 5.95. The summed E-state index contributed by atoms with van der Waals surface area (Å²) in [5.74, 6) is 0.237. The fourth-order valence-electron chi connectivity index (χ4n) is 3.28. The Morgan fingerprint density at radius 1 is 0.962 bits per heavy atom. The summed E-state index contributed by atoms with van der Waals surface area (Å²) in [6, 6.07) is 13.7. The number of fused-ring (bicyclic) bond motifs is 3. The molecule has 0 aliphatic carbocycles. The first-order chi connectivity index (χ1) is 12.6. The highest BCUT2D eigenvalue weighted by Gasteiger charge is 2.14. The van der Waals surface area contributed by atoms with Crippen LogP contribution in [-0.4, -0.2) is 24.5 Å². The van der Waals surface area contributed by atoms with E-state index in [4.69, 9.17) is 28.7 Å². The van der Waals surface area contributed by atoms with E-state index in [1.807, 2.05) is 47.0 Å². The molecule has 0 unspecified atom stereocenters. The molecule has 2 aromatic carbocycles. The Kier molecular flexibility index (Phi) is 2.98. The number of pyridine rings is 1. The molecule has 126 valence electrons. The van der Waals surface area contributed by atoms with Crippen LogP contribution in [0.3, 0.4) is 0 Å². The van der Waals surface area contributed by atoms with Crippen LogP contribution in [0, 0.1) is 4.64 Å². The number of hydrogen-bond acceptors (Lipinski definition) is 6. The summed E-state index contributed by atoms with van der Waals surface area (Å²) in [4.78, 5) is 16.2. The van der Waals surface area contributed by atoms with Gasteiger partial charge in [0.05, 0.1) is 22.4 Å². The molecule has 5 aromatic rings. The van der Waals surface area contributed by atoms with Gasteiger partial charge >= 0.3 is 0 Å². The van der Waals surface area contributed by atoms with Crippen molar-refractivity contribution in [1.29, 1.82) is 0 Å². The van der Waals surface area contributed by atoms with Crippen LogP contribution in [0.5, 0.6) is 0 Å². The first-order valence-electron chi connectivity index (χ1n) is 7.93. The van der Waals surface area contributed by atoms with Crippen molar-refractivity contribution in [3.63, 3.8) is 0 Å². The maximum absolute atomic E-state index is 6.52. The zero-order chi connectivity index (χ0) is 17.8. The number of nitrogen functional groups attached to an aromatic ring is 2. The van der Waals surface area contributed by atoms with Gasteiger partial charge in [0.25, 0.3) is 0 Å². The fourth-order valence-corrected chi connectivity index (χ4v) is 3.53. The predicted octanol–water partition coefficient (Wildman–Crippen LogP) is 3.34. The molecule has 0 saturated carbocycles. The molecule has 0 fully saturated rings. The second-order valence-corrected chi connectivity index (χ2v) is 6.34. The van der Waals surface area contributed by atoms with E-state index in [0.717, 1.165) is 27.5 Å². The van der Waals surface area contributed by atoms with Crippen molar-refractivity contribution in [2.24, 2.45) is 0 Å². The first-order valence-corrected chi connectivity index (χ1v) is 8.34. The van der Waals surface area contributed by atoms with E-state index in [1.165, 1.54) is 0 Å². The number of imidazole rings is 1. The first kappa shape index (κ1) is 14.8. The molecule has 0 spiro atoms. The van der Waals surface area contributed by atoms with Gasteiger partial charge in [-0.3, -0.25) is 4.57 Å². The highest BCUT2D eigenvalue weighted by molar-refractivity contribution is 7.71. The number of benzene rings is 2. The molecule has 3 aromatic heterocycles. The molecule has 3 heterocycles. The van der Waals surface area contributed by atoms with Gasteiger partial charge in [0.1, 0.15) is 17.5 Å². The summed E-state index contributed by atoms with van der Waals surface area (Å²) in [5.41, 5.74) is 16.8. The van der Waals surface area contributed by atoms with Crippen LogP contribution < -0.4 is 11.5 Å². The molecule has 0 atom stereocenters. The topological polar surface area (TPSA) is 111 Å². The normalized spacial score (nSPS) is 11.5. The van der Waals surface area contributed by atoms with Gasteiger partial charge in [-0.1, -0.05) is 36.5 Å². The zero-order valence-electron chi connectivity index (χ0n) is 13.5. The molecule has 0 aliphatic rings. The van der Waals surface area contributed by atoms with Crippen LogP contribution in [0.25, 0.3) is 38.7 Å². The summed E-state index contributed by atoms with van der Waals surface area (Å²) >= 11 is 5.27. The molecule has 0 saturated heterocycles. The Balaban J connectivity index is 1.94. The molecule has 26 heavy (non-hydrogen) atoms. The molecule has 5 N–H and O–H groups in total. The second kappa shape index (κ2) is 5.24. The monoisotopic (exact) mass is 359 g/mol. The predicted molar refractivity (Wildman–Crippen MR) is 106 cm³/mol. The van der Waals surface area contributed by atoms with E-state index in [0.29, 0.717) is 21.5 Å². The summed E-state index contributed by atoms with van der Waals surface area (Å²) in [7, 11) is 0. The van der Waals surface area contributed by atoms with Gasteiger partial charge in [-0.25, -0.2) is 15.0 Å². The molecular formula is C18H13N7S.